The van der Waals surface area contributed by atoms with Gasteiger partial charge in [0.2, 0.25) is 0 Å². The molecule has 19 heavy (non-hydrogen) atoms. The average molecular weight is 263 g/mol. The van der Waals surface area contributed by atoms with E-state index in [1.165, 1.54) is 5.56 Å². The van der Waals surface area contributed by atoms with Gasteiger partial charge in [-0.3, -0.25) is 4.99 Å². The highest BCUT2D eigenvalue weighted by Crippen LogP contribution is 2.27. The fraction of sp³-hybridized carbons (Fsp3) is 0.500. The molecule has 0 fully saturated rings. The van der Waals surface area contributed by atoms with Crippen LogP contribution in [0.15, 0.2) is 23.2 Å². The standard InChI is InChI=1S/C14H21N3O2/c1-10-9-16-14(17-10)15-7-6-11-4-5-12(18-2)13(8-11)19-3/h4-5,8,10H,6-7,9H2,1-3H3,(H2,15,16,17). The molecule has 0 aliphatic carbocycles. The molecule has 2 N–H and O–H groups in total. The minimum absolute atomic E-state index is 0.434. The topological polar surface area (TPSA) is 54.9 Å². The number of aliphatic imine (C=N–C) groups is 1. The van der Waals surface area contributed by atoms with Crippen LogP contribution in [0.2, 0.25) is 0 Å². The van der Waals surface area contributed by atoms with Crippen molar-refractivity contribution in [1.82, 2.24) is 10.6 Å². The van der Waals surface area contributed by atoms with Crippen LogP contribution in [0.3, 0.4) is 0 Å². The van der Waals surface area contributed by atoms with Gasteiger partial charge in [0.1, 0.15) is 0 Å². The van der Waals surface area contributed by atoms with E-state index in [-0.39, 0.29) is 0 Å². The van der Waals surface area contributed by atoms with E-state index in [0.29, 0.717) is 6.04 Å². The van der Waals surface area contributed by atoms with Crippen LogP contribution >= 0.6 is 0 Å². The van der Waals surface area contributed by atoms with Crippen molar-refractivity contribution in [3.05, 3.63) is 23.8 Å². The predicted molar refractivity (Wildman–Crippen MR) is 76.2 cm³/mol. The molecule has 104 valence electrons. The molecule has 5 nitrogen and oxygen atoms in total. The highest BCUT2D eigenvalue weighted by atomic mass is 16.5. The highest BCUT2D eigenvalue weighted by Gasteiger charge is 2.11. The van der Waals surface area contributed by atoms with Crippen molar-refractivity contribution >= 4 is 5.96 Å². The Bertz CT molecular complexity index is 460. The second kappa shape index (κ2) is 6.31. The summed E-state index contributed by atoms with van der Waals surface area (Å²) in [6.45, 7) is 3.80. The molecule has 0 amide bonds. The van der Waals surface area contributed by atoms with Gasteiger partial charge in [0.05, 0.1) is 20.8 Å². The lowest BCUT2D eigenvalue weighted by molar-refractivity contribution is 0.354. The summed E-state index contributed by atoms with van der Waals surface area (Å²) in [5.41, 5.74) is 1.21. The molecule has 5 heteroatoms. The number of hydrogen-bond acceptors (Lipinski definition) is 5. The molecular weight excluding hydrogens is 242 g/mol. The van der Waals surface area contributed by atoms with E-state index in [9.17, 15) is 0 Å². The second-order valence-corrected chi connectivity index (χ2v) is 4.60. The average Bonchev–Trinajstić information content (AvgIpc) is 2.84. The summed E-state index contributed by atoms with van der Waals surface area (Å²) in [7, 11) is 3.29. The SMILES string of the molecule is COc1ccc(CCNC2=NCC(C)N2)cc1OC. The first-order valence-electron chi connectivity index (χ1n) is 6.48. The first-order valence-corrected chi connectivity index (χ1v) is 6.48. The number of nitrogens with zero attached hydrogens (tertiary/aromatic N) is 1. The maximum Gasteiger partial charge on any atom is 0.191 e. The third-order valence-corrected chi connectivity index (χ3v) is 3.06. The summed E-state index contributed by atoms with van der Waals surface area (Å²) in [6.07, 6.45) is 0.912. The quantitative estimate of drug-likeness (QED) is 0.837. The monoisotopic (exact) mass is 263 g/mol. The molecular formula is C14H21N3O2. The van der Waals surface area contributed by atoms with Gasteiger partial charge in [-0.05, 0) is 31.0 Å². The van der Waals surface area contributed by atoms with Crippen LogP contribution in [0, 0.1) is 0 Å². The summed E-state index contributed by atoms with van der Waals surface area (Å²) >= 11 is 0. The molecule has 0 aromatic heterocycles. The van der Waals surface area contributed by atoms with Gasteiger partial charge in [-0.15, -0.1) is 0 Å². The number of guanidine groups is 1. The van der Waals surface area contributed by atoms with Crippen molar-refractivity contribution in [3.8, 4) is 11.5 Å². The normalized spacial score (nSPS) is 17.6. The predicted octanol–water partition coefficient (Wildman–Crippen LogP) is 1.18. The van der Waals surface area contributed by atoms with E-state index in [2.05, 4.69) is 28.6 Å². The van der Waals surface area contributed by atoms with Crippen molar-refractivity contribution in [2.45, 2.75) is 19.4 Å². The van der Waals surface area contributed by atoms with Crippen LogP contribution in [0.5, 0.6) is 11.5 Å². The molecule has 0 spiro atoms. The van der Waals surface area contributed by atoms with Crippen molar-refractivity contribution in [2.24, 2.45) is 4.99 Å². The lowest BCUT2D eigenvalue weighted by Gasteiger charge is -2.11. The minimum Gasteiger partial charge on any atom is -0.493 e. The first kappa shape index (κ1) is 13.5. The van der Waals surface area contributed by atoms with Crippen LogP contribution in [0.4, 0.5) is 0 Å². The van der Waals surface area contributed by atoms with Gasteiger partial charge >= 0.3 is 0 Å². The van der Waals surface area contributed by atoms with Crippen molar-refractivity contribution in [3.63, 3.8) is 0 Å². The molecule has 0 bridgehead atoms. The molecule has 2 rings (SSSR count). The largest absolute Gasteiger partial charge is 0.493 e. The van der Waals surface area contributed by atoms with E-state index in [0.717, 1.165) is 37.0 Å². The van der Waals surface area contributed by atoms with Gasteiger partial charge in [0.25, 0.3) is 0 Å². The summed E-state index contributed by atoms with van der Waals surface area (Å²) in [5, 5.41) is 6.57. The third-order valence-electron chi connectivity index (χ3n) is 3.06. The Morgan fingerprint density at radius 3 is 2.74 bits per heavy atom. The minimum atomic E-state index is 0.434. The molecule has 0 saturated heterocycles. The van der Waals surface area contributed by atoms with Crippen LogP contribution in [-0.2, 0) is 6.42 Å². The Hall–Kier alpha value is -1.91. The van der Waals surface area contributed by atoms with Crippen molar-refractivity contribution in [1.29, 1.82) is 0 Å². The van der Waals surface area contributed by atoms with Gasteiger partial charge in [-0.1, -0.05) is 6.07 Å². The second-order valence-electron chi connectivity index (χ2n) is 4.60. The number of benzene rings is 1. The molecule has 1 aromatic rings. The van der Waals surface area contributed by atoms with Crippen LogP contribution in [0.1, 0.15) is 12.5 Å². The number of methoxy groups -OCH3 is 2. The Morgan fingerprint density at radius 2 is 2.11 bits per heavy atom. The van der Waals surface area contributed by atoms with Gasteiger partial charge in [0, 0.05) is 12.6 Å². The van der Waals surface area contributed by atoms with Gasteiger partial charge < -0.3 is 20.1 Å². The fourth-order valence-corrected chi connectivity index (χ4v) is 2.02. The Balaban J connectivity index is 1.86. The summed E-state index contributed by atoms with van der Waals surface area (Å²) in [6, 6.07) is 6.42. The van der Waals surface area contributed by atoms with E-state index in [1.54, 1.807) is 14.2 Å². The van der Waals surface area contributed by atoms with Gasteiger partial charge in [-0.2, -0.15) is 0 Å². The first-order chi connectivity index (χ1) is 9.22. The molecule has 1 aliphatic heterocycles. The molecule has 1 unspecified atom stereocenters. The lowest BCUT2D eigenvalue weighted by atomic mass is 10.1. The molecule has 1 heterocycles. The van der Waals surface area contributed by atoms with E-state index < -0.39 is 0 Å². The van der Waals surface area contributed by atoms with E-state index in [1.807, 2.05) is 12.1 Å². The van der Waals surface area contributed by atoms with Gasteiger partial charge in [0.15, 0.2) is 17.5 Å². The number of nitrogens with one attached hydrogen (secondary N) is 2. The zero-order valence-electron chi connectivity index (χ0n) is 11.7. The highest BCUT2D eigenvalue weighted by molar-refractivity contribution is 5.81. The Labute approximate surface area is 114 Å². The molecule has 1 aliphatic rings. The van der Waals surface area contributed by atoms with Crippen LogP contribution in [0.25, 0.3) is 0 Å². The molecule has 1 atom stereocenters. The zero-order valence-corrected chi connectivity index (χ0v) is 11.7. The number of rotatable bonds is 5. The number of hydrogen-bond donors (Lipinski definition) is 2. The summed E-state index contributed by atoms with van der Waals surface area (Å²) < 4.78 is 10.5. The van der Waals surface area contributed by atoms with E-state index >= 15 is 0 Å². The van der Waals surface area contributed by atoms with Crippen LogP contribution in [-0.4, -0.2) is 39.3 Å². The zero-order chi connectivity index (χ0) is 13.7. The molecule has 1 aromatic carbocycles. The summed E-state index contributed by atoms with van der Waals surface area (Å²) in [5.74, 6) is 2.42. The Kier molecular flexibility index (Phi) is 4.49. The third kappa shape index (κ3) is 3.53. The van der Waals surface area contributed by atoms with Crippen molar-refractivity contribution < 1.29 is 9.47 Å². The molecule has 0 saturated carbocycles. The van der Waals surface area contributed by atoms with E-state index in [4.69, 9.17) is 9.47 Å². The maximum absolute atomic E-state index is 5.29. The fourth-order valence-electron chi connectivity index (χ4n) is 2.02. The van der Waals surface area contributed by atoms with Crippen LogP contribution < -0.4 is 20.1 Å². The molecule has 0 radical (unpaired) electrons. The van der Waals surface area contributed by atoms with Gasteiger partial charge in [-0.25, -0.2) is 0 Å². The summed E-state index contributed by atoms with van der Waals surface area (Å²) in [4.78, 5) is 4.36. The number of ether oxygens (including phenoxy) is 2. The Morgan fingerprint density at radius 1 is 1.32 bits per heavy atom. The van der Waals surface area contributed by atoms with Crippen molar-refractivity contribution in [2.75, 3.05) is 27.3 Å². The maximum atomic E-state index is 5.29. The lowest BCUT2D eigenvalue weighted by Crippen LogP contribution is -2.38. The smallest absolute Gasteiger partial charge is 0.191 e.